The average Bonchev–Trinajstić information content (AvgIpc) is 2.37. The maximum absolute atomic E-state index is 13.1. The Hall–Kier alpha value is -1.74. The van der Waals surface area contributed by atoms with E-state index in [-0.39, 0.29) is 16.8 Å². The van der Waals surface area contributed by atoms with Gasteiger partial charge in [-0.05, 0) is 12.1 Å². The van der Waals surface area contributed by atoms with E-state index in [1.165, 1.54) is 6.07 Å². The minimum atomic E-state index is -1.44. The number of anilines is 1. The molecule has 20 heavy (non-hydrogen) atoms. The number of rotatable bonds is 4. The Bertz CT molecular complexity index is 522. The zero-order valence-corrected chi connectivity index (χ0v) is 11.4. The molecule has 9 heteroatoms. The van der Waals surface area contributed by atoms with E-state index in [0.29, 0.717) is 0 Å². The van der Waals surface area contributed by atoms with Gasteiger partial charge in [0.15, 0.2) is 5.82 Å². The van der Waals surface area contributed by atoms with Gasteiger partial charge in [0.25, 0.3) is 0 Å². The summed E-state index contributed by atoms with van der Waals surface area (Å²) < 4.78 is 13.1. The summed E-state index contributed by atoms with van der Waals surface area (Å²) in [5.74, 6) is -1.01. The number of quaternary nitrogens is 1. The van der Waals surface area contributed by atoms with Crippen molar-refractivity contribution in [3.8, 4) is 0 Å². The van der Waals surface area contributed by atoms with Gasteiger partial charge >= 0.3 is 6.09 Å². The third-order valence-electron chi connectivity index (χ3n) is 2.14. The highest BCUT2D eigenvalue weighted by molar-refractivity contribution is 6.65. The van der Waals surface area contributed by atoms with Gasteiger partial charge in [-0.25, -0.2) is 14.4 Å². The summed E-state index contributed by atoms with van der Waals surface area (Å²) in [6, 6.07) is 3.08. The smallest absolute Gasteiger partial charge is 0.437 e. The second-order valence-electron chi connectivity index (χ2n) is 4.07. The fourth-order valence-electron chi connectivity index (χ4n) is 1.10. The topological polar surface area (TPSA) is 98.4 Å². The molecule has 0 aliphatic heterocycles. The molecule has 0 spiro atoms. The summed E-state index contributed by atoms with van der Waals surface area (Å²) in [5.41, 5.74) is -0.504. The Balaban J connectivity index is 2.72. The highest BCUT2D eigenvalue weighted by Crippen LogP contribution is 2.16. The van der Waals surface area contributed by atoms with Gasteiger partial charge in [0.05, 0.1) is 5.69 Å². The summed E-state index contributed by atoms with van der Waals surface area (Å²) in [4.78, 5) is 15.8. The number of oxime groups is 1. The van der Waals surface area contributed by atoms with Crippen LogP contribution in [0.2, 0.25) is 0 Å². The van der Waals surface area contributed by atoms with Gasteiger partial charge in [-0.15, -0.1) is 0 Å². The van der Waals surface area contributed by atoms with Crippen LogP contribution in [0.4, 0.5) is 20.6 Å². The van der Waals surface area contributed by atoms with Gasteiger partial charge in [-0.3, -0.25) is 10.2 Å². The monoisotopic (exact) mass is 305 g/mol. The number of nitrogens with one attached hydrogen (secondary N) is 2. The lowest BCUT2D eigenvalue weighted by atomic mass is 10.2. The number of nitrogens with zero attached hydrogens (tertiary/aromatic N) is 1. The van der Waals surface area contributed by atoms with Crippen molar-refractivity contribution in [3.05, 3.63) is 29.2 Å². The number of halogens is 2. The van der Waals surface area contributed by atoms with E-state index in [2.05, 4.69) is 15.3 Å². The second-order valence-corrected chi connectivity index (χ2v) is 4.46. The van der Waals surface area contributed by atoms with Crippen LogP contribution in [0.25, 0.3) is 0 Å². The van der Waals surface area contributed by atoms with E-state index in [9.17, 15) is 14.4 Å². The highest BCUT2D eigenvalue weighted by atomic mass is 35.5. The molecule has 1 aromatic rings. The molecule has 1 aromatic carbocycles. The summed E-state index contributed by atoms with van der Waals surface area (Å²) in [5, 5.41) is 23.7. The molecule has 0 aromatic heterocycles. The van der Waals surface area contributed by atoms with Crippen LogP contribution in [0, 0.1) is 16.9 Å². The molecule has 7 nitrogen and oxygen atoms in total. The third kappa shape index (κ3) is 4.74. The lowest BCUT2D eigenvalue weighted by Gasteiger charge is -2.13. The molecule has 0 saturated carbocycles. The molecule has 1 atom stereocenters. The molecule has 0 fully saturated rings. The van der Waals surface area contributed by atoms with Crippen LogP contribution in [-0.2, 0) is 4.84 Å². The molecule has 0 saturated heterocycles. The quantitative estimate of drug-likeness (QED) is 0.450. The fourth-order valence-corrected chi connectivity index (χ4v) is 1.13. The van der Waals surface area contributed by atoms with Gasteiger partial charge in [0.2, 0.25) is 5.69 Å². The minimum Gasteiger partial charge on any atom is -0.595 e. The van der Waals surface area contributed by atoms with Crippen LogP contribution in [0.5, 0.6) is 0 Å². The van der Waals surface area contributed by atoms with Crippen molar-refractivity contribution in [1.29, 1.82) is 0 Å². The molecule has 3 N–H and O–H groups in total. The lowest BCUT2D eigenvalue weighted by molar-refractivity contribution is -0.992. The fraction of sp³-hybridized carbons (Fsp3) is 0.273. The van der Waals surface area contributed by atoms with E-state index in [4.69, 9.17) is 16.8 Å². The SMILES string of the molecule is CC(C)/C(Cl)=N\OC(=O)Nc1ccc(F)c([NH+]([O-])O)c1. The molecular formula is C11H13ClFN3O4. The first-order valence-electron chi connectivity index (χ1n) is 5.55. The molecule has 0 heterocycles. The molecule has 1 unspecified atom stereocenters. The van der Waals surface area contributed by atoms with Crippen LogP contribution >= 0.6 is 11.6 Å². The molecule has 0 aliphatic carbocycles. The number of carbonyl (C=O) groups is 1. The molecule has 0 aliphatic rings. The van der Waals surface area contributed by atoms with Crippen LogP contribution < -0.4 is 10.5 Å². The molecule has 1 rings (SSSR count). The molecule has 1 amide bonds. The summed E-state index contributed by atoms with van der Waals surface area (Å²) in [6.45, 7) is 3.51. The molecule has 110 valence electrons. The molecule has 0 bridgehead atoms. The normalized spacial score (nSPS) is 13.2. The number of hydrogen-bond acceptors (Lipinski definition) is 5. The van der Waals surface area contributed by atoms with E-state index < -0.39 is 22.8 Å². The largest absolute Gasteiger partial charge is 0.595 e. The maximum atomic E-state index is 13.1. The standard InChI is InChI=1S/C11H13ClFN3O4/c1-6(2)10(12)15-20-11(17)14-7-3-4-8(13)9(5-7)16(18)19/h3-6,16,18H,1-2H3,(H,14,17)/b15-10+. The van der Waals surface area contributed by atoms with Crippen LogP contribution in [0.3, 0.4) is 0 Å². The van der Waals surface area contributed by atoms with Gasteiger partial charge in [-0.2, -0.15) is 5.23 Å². The van der Waals surface area contributed by atoms with Crippen LogP contribution in [-0.4, -0.2) is 16.5 Å². The van der Waals surface area contributed by atoms with E-state index in [1.807, 2.05) is 0 Å². The van der Waals surface area contributed by atoms with Crippen molar-refractivity contribution in [1.82, 2.24) is 0 Å². The van der Waals surface area contributed by atoms with Crippen molar-refractivity contribution < 1.29 is 24.5 Å². The minimum absolute atomic E-state index is 0.0599. The number of hydrogen-bond donors (Lipinski definition) is 3. The number of benzene rings is 1. The number of amides is 1. The Morgan fingerprint density at radius 1 is 1.60 bits per heavy atom. The highest BCUT2D eigenvalue weighted by Gasteiger charge is 2.12. The van der Waals surface area contributed by atoms with Crippen molar-refractivity contribution in [2.24, 2.45) is 11.1 Å². The van der Waals surface area contributed by atoms with Gasteiger partial charge in [0, 0.05) is 12.0 Å². The first-order chi connectivity index (χ1) is 9.31. The van der Waals surface area contributed by atoms with Gasteiger partial charge in [0.1, 0.15) is 5.17 Å². The zero-order valence-electron chi connectivity index (χ0n) is 10.7. The summed E-state index contributed by atoms with van der Waals surface area (Å²) in [7, 11) is 0. The molecule has 0 radical (unpaired) electrons. The van der Waals surface area contributed by atoms with Crippen molar-refractivity contribution >= 4 is 34.2 Å². The predicted molar refractivity (Wildman–Crippen MR) is 70.4 cm³/mol. The van der Waals surface area contributed by atoms with E-state index in [0.717, 1.165) is 12.1 Å². The zero-order chi connectivity index (χ0) is 15.3. The van der Waals surface area contributed by atoms with E-state index in [1.54, 1.807) is 13.8 Å². The Morgan fingerprint density at radius 2 is 2.25 bits per heavy atom. The maximum Gasteiger partial charge on any atom is 0.437 e. The summed E-state index contributed by atoms with van der Waals surface area (Å²) in [6.07, 6.45) is -0.966. The third-order valence-corrected chi connectivity index (χ3v) is 2.64. The van der Waals surface area contributed by atoms with Crippen molar-refractivity contribution in [2.75, 3.05) is 5.32 Å². The first kappa shape index (κ1) is 16.3. The van der Waals surface area contributed by atoms with E-state index >= 15 is 0 Å². The van der Waals surface area contributed by atoms with Gasteiger partial charge in [-0.1, -0.05) is 30.6 Å². The van der Waals surface area contributed by atoms with Crippen LogP contribution in [0.1, 0.15) is 13.8 Å². The van der Waals surface area contributed by atoms with Crippen molar-refractivity contribution in [3.63, 3.8) is 0 Å². The molecular weight excluding hydrogens is 293 g/mol. The Morgan fingerprint density at radius 3 is 2.80 bits per heavy atom. The van der Waals surface area contributed by atoms with Gasteiger partial charge < -0.3 is 5.21 Å². The lowest BCUT2D eigenvalue weighted by Crippen LogP contribution is -2.99. The first-order valence-corrected chi connectivity index (χ1v) is 5.93. The second kappa shape index (κ2) is 7.15. The Labute approximate surface area is 119 Å². The summed E-state index contributed by atoms with van der Waals surface area (Å²) >= 11 is 5.67. The Kier molecular flexibility index (Phi) is 5.83. The average molecular weight is 306 g/mol. The number of carbonyl (C=O) groups excluding carboxylic acids is 1. The van der Waals surface area contributed by atoms with Crippen LogP contribution in [0.15, 0.2) is 23.4 Å². The van der Waals surface area contributed by atoms with Crippen molar-refractivity contribution in [2.45, 2.75) is 13.8 Å². The predicted octanol–water partition coefficient (Wildman–Crippen LogP) is 1.99.